The minimum Gasteiger partial charge on any atom is -0.490 e. The molecule has 1 heterocycles. The summed E-state index contributed by atoms with van der Waals surface area (Å²) in [5.74, 6) is -2.15. The van der Waals surface area contributed by atoms with Gasteiger partial charge < -0.3 is 14.8 Å². The van der Waals surface area contributed by atoms with E-state index in [0.717, 1.165) is 17.0 Å². The van der Waals surface area contributed by atoms with Gasteiger partial charge in [-0.2, -0.15) is 0 Å². The molecule has 174 valence electrons. The highest BCUT2D eigenvalue weighted by molar-refractivity contribution is 8.18. The van der Waals surface area contributed by atoms with E-state index < -0.39 is 35.2 Å². The number of nitrogens with zero attached hydrogens (tertiary/aromatic N) is 1. The molecule has 0 saturated carbocycles. The lowest BCUT2D eigenvalue weighted by molar-refractivity contribution is -0.127. The highest BCUT2D eigenvalue weighted by atomic mass is 32.2. The molecule has 3 amide bonds. The molecule has 0 spiro atoms. The van der Waals surface area contributed by atoms with E-state index in [0.29, 0.717) is 41.5 Å². The fourth-order valence-corrected chi connectivity index (χ4v) is 3.78. The van der Waals surface area contributed by atoms with Gasteiger partial charge in [-0.1, -0.05) is 6.07 Å². The minimum absolute atomic E-state index is 0.0545. The normalized spacial score (nSPS) is 14.8. The van der Waals surface area contributed by atoms with Crippen molar-refractivity contribution in [1.29, 1.82) is 0 Å². The summed E-state index contributed by atoms with van der Waals surface area (Å²) in [5, 5.41) is 1.59. The van der Waals surface area contributed by atoms with Crippen LogP contribution in [0.2, 0.25) is 0 Å². The van der Waals surface area contributed by atoms with E-state index in [4.69, 9.17) is 9.47 Å². The fraction of sp³-hybridized carbons (Fsp3) is 0.261. The van der Waals surface area contributed by atoms with Crippen molar-refractivity contribution < 1.29 is 32.6 Å². The second-order valence-corrected chi connectivity index (χ2v) is 8.24. The first-order valence-electron chi connectivity index (χ1n) is 10.1. The Bertz CT molecular complexity index is 1120. The van der Waals surface area contributed by atoms with Crippen LogP contribution in [0.4, 0.5) is 19.3 Å². The molecular weight excluding hydrogens is 454 g/mol. The molecule has 7 nitrogen and oxygen atoms in total. The zero-order chi connectivity index (χ0) is 24.1. The maximum absolute atomic E-state index is 13.7. The van der Waals surface area contributed by atoms with E-state index in [-0.39, 0.29) is 16.7 Å². The third kappa shape index (κ3) is 6.10. The Morgan fingerprint density at radius 2 is 1.91 bits per heavy atom. The van der Waals surface area contributed by atoms with Gasteiger partial charge in [0.1, 0.15) is 18.2 Å². The van der Waals surface area contributed by atoms with Crippen molar-refractivity contribution in [2.45, 2.75) is 26.9 Å². The van der Waals surface area contributed by atoms with Crippen molar-refractivity contribution in [2.24, 2.45) is 0 Å². The maximum Gasteiger partial charge on any atom is 0.294 e. The molecular formula is C23H22F2N2O5S. The molecule has 0 aliphatic carbocycles. The molecule has 2 aromatic carbocycles. The molecule has 1 N–H and O–H groups in total. The first-order valence-corrected chi connectivity index (χ1v) is 10.9. The molecule has 1 fully saturated rings. The molecule has 0 aromatic heterocycles. The van der Waals surface area contributed by atoms with E-state index in [2.05, 4.69) is 5.32 Å². The van der Waals surface area contributed by atoms with Crippen LogP contribution in [0.15, 0.2) is 41.3 Å². The van der Waals surface area contributed by atoms with E-state index in [1.807, 2.05) is 20.8 Å². The van der Waals surface area contributed by atoms with E-state index in [1.165, 1.54) is 6.08 Å². The predicted molar refractivity (Wildman–Crippen MR) is 121 cm³/mol. The first-order chi connectivity index (χ1) is 15.7. The second kappa shape index (κ2) is 10.5. The van der Waals surface area contributed by atoms with Crippen molar-refractivity contribution in [3.8, 4) is 11.5 Å². The van der Waals surface area contributed by atoms with Crippen LogP contribution in [0.1, 0.15) is 26.3 Å². The number of amides is 3. The monoisotopic (exact) mass is 476 g/mol. The summed E-state index contributed by atoms with van der Waals surface area (Å²) in [5.41, 5.74) is 0.356. The molecule has 0 atom stereocenters. The lowest BCUT2D eigenvalue weighted by Gasteiger charge is -2.15. The van der Waals surface area contributed by atoms with Crippen molar-refractivity contribution in [1.82, 2.24) is 4.90 Å². The van der Waals surface area contributed by atoms with Gasteiger partial charge in [-0.3, -0.25) is 19.3 Å². The number of imide groups is 1. The highest BCUT2D eigenvalue weighted by Crippen LogP contribution is 2.35. The largest absolute Gasteiger partial charge is 0.490 e. The first kappa shape index (κ1) is 24.2. The Morgan fingerprint density at radius 3 is 2.58 bits per heavy atom. The molecule has 1 aliphatic heterocycles. The SMILES string of the molecule is CCOc1cc(C=C2SC(=O)N(CC(=O)Nc3ccc(F)cc3F)C2=O)ccc1OC(C)C. The summed E-state index contributed by atoms with van der Waals surface area (Å²) >= 11 is 0.687. The fourth-order valence-electron chi connectivity index (χ4n) is 2.95. The molecule has 0 unspecified atom stereocenters. The summed E-state index contributed by atoms with van der Waals surface area (Å²) in [4.78, 5) is 38.1. The van der Waals surface area contributed by atoms with Gasteiger partial charge in [0.05, 0.1) is 23.3 Å². The smallest absolute Gasteiger partial charge is 0.294 e. The number of carbonyl (C=O) groups is 3. The van der Waals surface area contributed by atoms with Crippen molar-refractivity contribution in [2.75, 3.05) is 18.5 Å². The Morgan fingerprint density at radius 1 is 1.15 bits per heavy atom. The van der Waals surface area contributed by atoms with Crippen LogP contribution in [0.3, 0.4) is 0 Å². The van der Waals surface area contributed by atoms with Crippen LogP contribution in [0.5, 0.6) is 11.5 Å². The van der Waals surface area contributed by atoms with Crippen molar-refractivity contribution in [3.05, 3.63) is 58.5 Å². The number of hydrogen-bond acceptors (Lipinski definition) is 6. The summed E-state index contributed by atoms with van der Waals surface area (Å²) in [7, 11) is 0. The zero-order valence-electron chi connectivity index (χ0n) is 18.2. The third-order valence-electron chi connectivity index (χ3n) is 4.31. The number of anilines is 1. The number of thioether (sulfide) groups is 1. The number of benzene rings is 2. The summed E-state index contributed by atoms with van der Waals surface area (Å²) < 4.78 is 38.1. The number of ether oxygens (including phenoxy) is 2. The van der Waals surface area contributed by atoms with Crippen LogP contribution in [-0.2, 0) is 9.59 Å². The highest BCUT2D eigenvalue weighted by Gasteiger charge is 2.36. The molecule has 1 saturated heterocycles. The Labute approximate surface area is 193 Å². The van der Waals surface area contributed by atoms with Gasteiger partial charge in [0, 0.05) is 6.07 Å². The molecule has 10 heteroatoms. The quantitative estimate of drug-likeness (QED) is 0.550. The summed E-state index contributed by atoms with van der Waals surface area (Å²) in [6, 6.07) is 7.78. The minimum atomic E-state index is -0.965. The van der Waals surface area contributed by atoms with E-state index in [9.17, 15) is 23.2 Å². The number of rotatable bonds is 8. The lowest BCUT2D eigenvalue weighted by atomic mass is 10.1. The maximum atomic E-state index is 13.7. The lowest BCUT2D eigenvalue weighted by Crippen LogP contribution is -2.36. The number of carbonyl (C=O) groups excluding carboxylic acids is 3. The molecule has 3 rings (SSSR count). The standard InChI is InChI=1S/C23H22F2N2O5S/c1-4-31-19-9-14(5-8-18(19)32-13(2)3)10-20-22(29)27(23(30)33-20)12-21(28)26-17-7-6-15(24)11-16(17)25/h5-11,13H,4,12H2,1-3H3,(H,26,28). The van der Waals surface area contributed by atoms with Crippen LogP contribution in [0, 0.1) is 11.6 Å². The van der Waals surface area contributed by atoms with Crippen LogP contribution in [-0.4, -0.2) is 41.2 Å². The number of halogens is 2. The van der Waals surface area contributed by atoms with Gasteiger partial charge in [0.15, 0.2) is 11.5 Å². The van der Waals surface area contributed by atoms with Gasteiger partial charge in [0.25, 0.3) is 11.1 Å². The number of hydrogen-bond donors (Lipinski definition) is 1. The topological polar surface area (TPSA) is 84.9 Å². The Kier molecular flexibility index (Phi) is 7.70. The molecule has 2 aromatic rings. The Hall–Kier alpha value is -3.40. The molecule has 0 radical (unpaired) electrons. The van der Waals surface area contributed by atoms with Gasteiger partial charge >= 0.3 is 0 Å². The van der Waals surface area contributed by atoms with Crippen LogP contribution >= 0.6 is 11.8 Å². The van der Waals surface area contributed by atoms with E-state index >= 15 is 0 Å². The molecule has 0 bridgehead atoms. The third-order valence-corrected chi connectivity index (χ3v) is 5.22. The van der Waals surface area contributed by atoms with E-state index in [1.54, 1.807) is 18.2 Å². The molecule has 33 heavy (non-hydrogen) atoms. The van der Waals surface area contributed by atoms with Gasteiger partial charge in [-0.15, -0.1) is 0 Å². The second-order valence-electron chi connectivity index (χ2n) is 7.25. The number of nitrogens with one attached hydrogen (secondary N) is 1. The Balaban J connectivity index is 1.73. The average Bonchev–Trinajstić information content (AvgIpc) is 2.99. The van der Waals surface area contributed by atoms with Gasteiger partial charge in [0.2, 0.25) is 5.91 Å². The van der Waals surface area contributed by atoms with Gasteiger partial charge in [-0.05, 0) is 68.4 Å². The molecule has 1 aliphatic rings. The zero-order valence-corrected chi connectivity index (χ0v) is 19.0. The summed E-state index contributed by atoms with van der Waals surface area (Å²) in [6.07, 6.45) is 1.46. The van der Waals surface area contributed by atoms with Gasteiger partial charge in [-0.25, -0.2) is 8.78 Å². The predicted octanol–water partition coefficient (Wildman–Crippen LogP) is 4.83. The average molecular weight is 477 g/mol. The van der Waals surface area contributed by atoms with Crippen molar-refractivity contribution >= 4 is 40.6 Å². The van der Waals surface area contributed by atoms with Crippen molar-refractivity contribution in [3.63, 3.8) is 0 Å². The van der Waals surface area contributed by atoms with Crippen LogP contribution in [0.25, 0.3) is 6.08 Å². The van der Waals surface area contributed by atoms with Crippen LogP contribution < -0.4 is 14.8 Å². The summed E-state index contributed by atoms with van der Waals surface area (Å²) in [6.45, 7) is 5.42.